The number of hydrogen-bond donors (Lipinski definition) is 2. The van der Waals surface area contributed by atoms with Crippen molar-refractivity contribution in [3.8, 4) is 0 Å². The van der Waals surface area contributed by atoms with Crippen LogP contribution in [-0.2, 0) is 0 Å². The Bertz CT molecular complexity index is 299. The summed E-state index contributed by atoms with van der Waals surface area (Å²) in [6, 6.07) is 3.37. The van der Waals surface area contributed by atoms with E-state index in [4.69, 9.17) is 5.73 Å². The second kappa shape index (κ2) is 4.57. The maximum Gasteiger partial charge on any atom is 0.176 e. The number of nitrogens with one attached hydrogen (secondary N) is 1. The zero-order chi connectivity index (χ0) is 9.68. The van der Waals surface area contributed by atoms with E-state index in [1.165, 1.54) is 0 Å². The van der Waals surface area contributed by atoms with Crippen molar-refractivity contribution in [3.63, 3.8) is 0 Å². The van der Waals surface area contributed by atoms with Crippen molar-refractivity contribution in [2.45, 2.75) is 6.92 Å². The molecule has 0 atom stereocenters. The lowest BCUT2D eigenvalue weighted by Gasteiger charge is -2.03. The lowest BCUT2D eigenvalue weighted by Crippen LogP contribution is -2.14. The monoisotopic (exact) mass is 179 g/mol. The molecular formula is C9H13N3O. The lowest BCUT2D eigenvalue weighted by atomic mass is 10.2. The van der Waals surface area contributed by atoms with Crippen molar-refractivity contribution in [3.05, 3.63) is 23.9 Å². The van der Waals surface area contributed by atoms with E-state index in [2.05, 4.69) is 10.3 Å². The van der Waals surface area contributed by atoms with Crippen LogP contribution in [0.3, 0.4) is 0 Å². The number of rotatable bonds is 4. The smallest absolute Gasteiger partial charge is 0.176 e. The molecule has 13 heavy (non-hydrogen) atoms. The highest BCUT2D eigenvalue weighted by molar-refractivity contribution is 5.97. The Kier molecular flexibility index (Phi) is 3.40. The molecule has 1 heterocycles. The van der Waals surface area contributed by atoms with Crippen LogP contribution in [0.1, 0.15) is 17.3 Å². The van der Waals surface area contributed by atoms with Gasteiger partial charge in [0.1, 0.15) is 5.82 Å². The largest absolute Gasteiger partial charge is 0.370 e. The summed E-state index contributed by atoms with van der Waals surface area (Å²) in [5.74, 6) is 0.642. The van der Waals surface area contributed by atoms with Crippen LogP contribution in [0, 0.1) is 0 Å². The van der Waals surface area contributed by atoms with E-state index in [0.29, 0.717) is 11.4 Å². The highest BCUT2D eigenvalue weighted by Crippen LogP contribution is 2.06. The van der Waals surface area contributed by atoms with Gasteiger partial charge in [0.2, 0.25) is 0 Å². The Labute approximate surface area is 77.2 Å². The molecular weight excluding hydrogens is 166 g/mol. The van der Waals surface area contributed by atoms with Gasteiger partial charge in [0.25, 0.3) is 0 Å². The van der Waals surface area contributed by atoms with Crippen molar-refractivity contribution in [1.29, 1.82) is 0 Å². The number of Topliss-reactive ketones (excluding diaryl/α,β-unsaturated/α-hetero) is 1. The Morgan fingerprint density at radius 2 is 2.46 bits per heavy atom. The van der Waals surface area contributed by atoms with Gasteiger partial charge >= 0.3 is 0 Å². The number of ketones is 1. The first-order chi connectivity index (χ1) is 6.27. The van der Waals surface area contributed by atoms with Gasteiger partial charge in [-0.3, -0.25) is 4.79 Å². The van der Waals surface area contributed by atoms with E-state index in [0.717, 1.165) is 6.54 Å². The third kappa shape index (κ3) is 2.52. The first kappa shape index (κ1) is 9.67. The fraction of sp³-hybridized carbons (Fsp3) is 0.333. The van der Waals surface area contributed by atoms with Crippen LogP contribution in [0.5, 0.6) is 0 Å². The number of nitrogens with two attached hydrogens (primary N) is 1. The molecule has 0 fully saturated rings. The summed E-state index contributed by atoms with van der Waals surface area (Å²) in [6.07, 6.45) is 1.60. The summed E-state index contributed by atoms with van der Waals surface area (Å²) in [4.78, 5) is 15.2. The molecule has 0 aromatic carbocycles. The normalized spacial score (nSPS) is 9.69. The average Bonchev–Trinajstić information content (AvgIpc) is 2.18. The topological polar surface area (TPSA) is 68.0 Å². The van der Waals surface area contributed by atoms with Crippen LogP contribution in [0.25, 0.3) is 0 Å². The summed E-state index contributed by atoms with van der Waals surface area (Å²) in [7, 11) is 0. The number of anilines is 1. The Balaban J connectivity index is 2.85. The van der Waals surface area contributed by atoms with E-state index in [-0.39, 0.29) is 12.3 Å². The first-order valence-corrected chi connectivity index (χ1v) is 4.21. The molecule has 0 aliphatic rings. The van der Waals surface area contributed by atoms with E-state index in [1.807, 2.05) is 6.92 Å². The Morgan fingerprint density at radius 3 is 3.08 bits per heavy atom. The van der Waals surface area contributed by atoms with Crippen LogP contribution in [0.15, 0.2) is 18.3 Å². The molecule has 1 rings (SSSR count). The zero-order valence-electron chi connectivity index (χ0n) is 7.58. The van der Waals surface area contributed by atoms with Crippen molar-refractivity contribution >= 4 is 11.6 Å². The van der Waals surface area contributed by atoms with Gasteiger partial charge in [-0.15, -0.1) is 0 Å². The van der Waals surface area contributed by atoms with Gasteiger partial charge in [-0.05, 0) is 19.1 Å². The van der Waals surface area contributed by atoms with Gasteiger partial charge in [-0.25, -0.2) is 4.98 Å². The number of nitrogens with zero attached hydrogens (tertiary/aromatic N) is 1. The molecule has 0 saturated carbocycles. The van der Waals surface area contributed by atoms with E-state index in [9.17, 15) is 4.79 Å². The van der Waals surface area contributed by atoms with Crippen molar-refractivity contribution in [2.24, 2.45) is 5.73 Å². The predicted molar refractivity (Wildman–Crippen MR) is 51.8 cm³/mol. The first-order valence-electron chi connectivity index (χ1n) is 4.21. The zero-order valence-corrected chi connectivity index (χ0v) is 7.58. The number of hydrogen-bond acceptors (Lipinski definition) is 4. The number of carbonyl (C=O) groups excluding carboxylic acids is 1. The van der Waals surface area contributed by atoms with Gasteiger partial charge in [0.15, 0.2) is 5.78 Å². The number of carbonyl (C=O) groups is 1. The van der Waals surface area contributed by atoms with Gasteiger partial charge in [0.05, 0.1) is 6.54 Å². The molecule has 3 N–H and O–H groups in total. The molecule has 0 spiro atoms. The lowest BCUT2D eigenvalue weighted by molar-refractivity contribution is 0.100. The van der Waals surface area contributed by atoms with Crippen molar-refractivity contribution < 1.29 is 4.79 Å². The molecule has 1 aromatic rings. The highest BCUT2D eigenvalue weighted by atomic mass is 16.1. The molecule has 0 amide bonds. The molecule has 0 aliphatic carbocycles. The van der Waals surface area contributed by atoms with Crippen LogP contribution in [-0.4, -0.2) is 23.9 Å². The van der Waals surface area contributed by atoms with Gasteiger partial charge in [0, 0.05) is 18.3 Å². The van der Waals surface area contributed by atoms with E-state index in [1.54, 1.807) is 18.3 Å². The molecule has 70 valence electrons. The van der Waals surface area contributed by atoms with Gasteiger partial charge < -0.3 is 11.1 Å². The van der Waals surface area contributed by atoms with Crippen LogP contribution >= 0.6 is 0 Å². The maximum atomic E-state index is 11.2. The predicted octanol–water partition coefficient (Wildman–Crippen LogP) is 0.655. The molecule has 0 saturated heterocycles. The highest BCUT2D eigenvalue weighted by Gasteiger charge is 2.03. The fourth-order valence-electron chi connectivity index (χ4n) is 1.000. The summed E-state index contributed by atoms with van der Waals surface area (Å²) in [6.45, 7) is 2.79. The quantitative estimate of drug-likeness (QED) is 0.666. The minimum Gasteiger partial charge on any atom is -0.370 e. The summed E-state index contributed by atoms with van der Waals surface area (Å²) in [5, 5.41) is 3.02. The van der Waals surface area contributed by atoms with E-state index < -0.39 is 0 Å². The second-order valence-corrected chi connectivity index (χ2v) is 2.59. The number of pyridine rings is 1. The molecule has 0 bridgehead atoms. The summed E-state index contributed by atoms with van der Waals surface area (Å²) in [5.41, 5.74) is 5.84. The average molecular weight is 179 g/mol. The van der Waals surface area contributed by atoms with Crippen LogP contribution in [0.4, 0.5) is 5.82 Å². The summed E-state index contributed by atoms with van der Waals surface area (Å²) < 4.78 is 0. The Morgan fingerprint density at radius 1 is 1.69 bits per heavy atom. The van der Waals surface area contributed by atoms with Crippen molar-refractivity contribution in [2.75, 3.05) is 18.4 Å². The molecule has 4 heteroatoms. The summed E-state index contributed by atoms with van der Waals surface area (Å²) >= 11 is 0. The standard InChI is InChI=1S/C9H13N3O/c1-2-11-9-5-7(3-4-12-9)8(13)6-10/h3-5H,2,6,10H2,1H3,(H,11,12). The SMILES string of the molecule is CCNc1cc(C(=O)CN)ccn1. The maximum absolute atomic E-state index is 11.2. The van der Waals surface area contributed by atoms with Crippen LogP contribution in [0.2, 0.25) is 0 Å². The van der Waals surface area contributed by atoms with Gasteiger partial charge in [-0.1, -0.05) is 0 Å². The molecule has 0 aliphatic heterocycles. The fourth-order valence-corrected chi connectivity index (χ4v) is 1.000. The Hall–Kier alpha value is -1.42. The number of aromatic nitrogens is 1. The van der Waals surface area contributed by atoms with Crippen LogP contribution < -0.4 is 11.1 Å². The molecule has 1 aromatic heterocycles. The van der Waals surface area contributed by atoms with E-state index >= 15 is 0 Å². The van der Waals surface area contributed by atoms with Gasteiger partial charge in [-0.2, -0.15) is 0 Å². The molecule has 0 radical (unpaired) electrons. The second-order valence-electron chi connectivity index (χ2n) is 2.59. The third-order valence-electron chi connectivity index (χ3n) is 1.63. The molecule has 0 unspecified atom stereocenters. The molecule has 4 nitrogen and oxygen atoms in total. The minimum atomic E-state index is -0.0680. The minimum absolute atomic E-state index is 0.0373. The van der Waals surface area contributed by atoms with Crippen molar-refractivity contribution in [1.82, 2.24) is 4.98 Å². The third-order valence-corrected chi connectivity index (χ3v) is 1.63.